The molecule has 4 nitrogen and oxygen atoms in total. The molecular weight excluding hydrogens is 336 g/mol. The summed E-state index contributed by atoms with van der Waals surface area (Å²) in [6.45, 7) is 4.56. The molecule has 1 heterocycles. The maximum Gasteiger partial charge on any atom is 0.229 e. The number of halogens is 1. The molecule has 3 rings (SSSR count). The Morgan fingerprint density at radius 3 is 2.52 bits per heavy atom. The van der Waals surface area contributed by atoms with Gasteiger partial charge in [0.25, 0.3) is 0 Å². The highest BCUT2D eigenvalue weighted by molar-refractivity contribution is 6.30. The van der Waals surface area contributed by atoms with Crippen molar-refractivity contribution in [2.75, 3.05) is 16.8 Å². The van der Waals surface area contributed by atoms with Gasteiger partial charge in [-0.2, -0.15) is 0 Å². The van der Waals surface area contributed by atoms with E-state index in [-0.39, 0.29) is 24.2 Å². The van der Waals surface area contributed by atoms with Crippen LogP contribution in [-0.4, -0.2) is 18.4 Å². The van der Waals surface area contributed by atoms with E-state index in [1.807, 2.05) is 24.3 Å². The summed E-state index contributed by atoms with van der Waals surface area (Å²) in [5.74, 6) is -0.201. The van der Waals surface area contributed by atoms with Crippen molar-refractivity contribution in [2.24, 2.45) is 5.92 Å². The number of nitrogens with zero attached hydrogens (tertiary/aromatic N) is 1. The lowest BCUT2D eigenvalue weighted by Gasteiger charge is -2.18. The first kappa shape index (κ1) is 17.5. The normalized spacial score (nSPS) is 17.2. The average molecular weight is 357 g/mol. The highest BCUT2D eigenvalue weighted by Crippen LogP contribution is 2.29. The summed E-state index contributed by atoms with van der Waals surface area (Å²) in [6.07, 6.45) is 0.221. The molecule has 0 radical (unpaired) electrons. The maximum absolute atomic E-state index is 12.7. The number of anilines is 2. The van der Waals surface area contributed by atoms with Gasteiger partial charge in [0.2, 0.25) is 11.8 Å². The number of nitrogens with one attached hydrogen (secondary N) is 1. The monoisotopic (exact) mass is 356 g/mol. The summed E-state index contributed by atoms with van der Waals surface area (Å²) in [5, 5.41) is 3.62. The first-order valence-corrected chi connectivity index (χ1v) is 8.79. The van der Waals surface area contributed by atoms with Gasteiger partial charge in [0.05, 0.1) is 5.92 Å². The van der Waals surface area contributed by atoms with Crippen LogP contribution in [0.25, 0.3) is 0 Å². The zero-order chi connectivity index (χ0) is 18.0. The fraction of sp³-hybridized carbons (Fsp3) is 0.300. The van der Waals surface area contributed by atoms with Crippen molar-refractivity contribution in [3.8, 4) is 0 Å². The van der Waals surface area contributed by atoms with Crippen LogP contribution in [0, 0.1) is 5.92 Å². The van der Waals surface area contributed by atoms with E-state index >= 15 is 0 Å². The minimum Gasteiger partial charge on any atom is -0.326 e. The molecule has 0 spiro atoms. The second-order valence-electron chi connectivity index (χ2n) is 6.61. The second kappa shape index (κ2) is 7.28. The van der Waals surface area contributed by atoms with Crippen molar-refractivity contribution in [3.05, 3.63) is 59.1 Å². The zero-order valence-corrected chi connectivity index (χ0v) is 15.1. The molecule has 130 valence electrons. The van der Waals surface area contributed by atoms with Gasteiger partial charge in [-0.3, -0.25) is 9.59 Å². The predicted molar refractivity (Wildman–Crippen MR) is 101 cm³/mol. The number of para-hydroxylation sites is 1. The molecule has 2 aromatic rings. The molecule has 2 amide bonds. The molecule has 5 heteroatoms. The Morgan fingerprint density at radius 1 is 1.16 bits per heavy atom. The van der Waals surface area contributed by atoms with Crippen LogP contribution in [0.1, 0.15) is 31.7 Å². The molecule has 1 N–H and O–H groups in total. The van der Waals surface area contributed by atoms with E-state index in [1.165, 1.54) is 0 Å². The van der Waals surface area contributed by atoms with E-state index in [1.54, 1.807) is 29.2 Å². The van der Waals surface area contributed by atoms with E-state index in [0.29, 0.717) is 17.5 Å². The number of hydrogen-bond donors (Lipinski definition) is 1. The van der Waals surface area contributed by atoms with Gasteiger partial charge in [-0.15, -0.1) is 0 Å². The number of hydrogen-bond acceptors (Lipinski definition) is 2. The van der Waals surface area contributed by atoms with Crippen LogP contribution in [0.4, 0.5) is 11.4 Å². The van der Waals surface area contributed by atoms with Crippen molar-refractivity contribution in [1.82, 2.24) is 0 Å². The van der Waals surface area contributed by atoms with Crippen molar-refractivity contribution >= 4 is 34.8 Å². The Labute approximate surface area is 152 Å². The first-order valence-electron chi connectivity index (χ1n) is 8.41. The highest BCUT2D eigenvalue weighted by Gasteiger charge is 2.35. The van der Waals surface area contributed by atoms with Crippen LogP contribution in [0.5, 0.6) is 0 Å². The van der Waals surface area contributed by atoms with Gasteiger partial charge in [0, 0.05) is 29.4 Å². The molecular formula is C20H21ClN2O2. The van der Waals surface area contributed by atoms with E-state index < -0.39 is 0 Å². The Morgan fingerprint density at radius 2 is 1.84 bits per heavy atom. The molecule has 1 aliphatic rings. The lowest BCUT2D eigenvalue weighted by Crippen LogP contribution is -2.28. The van der Waals surface area contributed by atoms with Crippen LogP contribution >= 0.6 is 11.6 Å². The molecule has 0 bridgehead atoms. The number of amides is 2. The summed E-state index contributed by atoms with van der Waals surface area (Å²) < 4.78 is 0. The molecule has 1 aliphatic heterocycles. The van der Waals surface area contributed by atoms with Crippen LogP contribution in [0.15, 0.2) is 48.5 Å². The third-order valence-corrected chi connectivity index (χ3v) is 4.73. The van der Waals surface area contributed by atoms with E-state index in [2.05, 4.69) is 19.2 Å². The Hall–Kier alpha value is -2.33. The van der Waals surface area contributed by atoms with Crippen LogP contribution in [-0.2, 0) is 9.59 Å². The third kappa shape index (κ3) is 3.85. The van der Waals surface area contributed by atoms with Crippen LogP contribution in [0.2, 0.25) is 5.02 Å². The summed E-state index contributed by atoms with van der Waals surface area (Å²) in [5.41, 5.74) is 2.68. The molecule has 0 aliphatic carbocycles. The number of rotatable bonds is 4. The van der Waals surface area contributed by atoms with Crippen molar-refractivity contribution in [1.29, 1.82) is 0 Å². The van der Waals surface area contributed by atoms with Crippen LogP contribution < -0.4 is 10.2 Å². The van der Waals surface area contributed by atoms with Gasteiger partial charge < -0.3 is 10.2 Å². The quantitative estimate of drug-likeness (QED) is 0.879. The van der Waals surface area contributed by atoms with E-state index in [9.17, 15) is 9.59 Å². The molecule has 0 saturated carbocycles. The molecule has 1 fully saturated rings. The van der Waals surface area contributed by atoms with Crippen molar-refractivity contribution in [2.45, 2.75) is 26.2 Å². The smallest absolute Gasteiger partial charge is 0.229 e. The van der Waals surface area contributed by atoms with Gasteiger partial charge in [-0.1, -0.05) is 43.6 Å². The lowest BCUT2D eigenvalue weighted by atomic mass is 10.0. The second-order valence-corrected chi connectivity index (χ2v) is 7.05. The highest BCUT2D eigenvalue weighted by atomic mass is 35.5. The topological polar surface area (TPSA) is 49.4 Å². The standard InChI is InChI=1S/C20H21ClN2O2/c1-13(2)17-5-3-4-6-18(17)22-20(25)14-11-19(24)23(12-14)16-9-7-15(21)8-10-16/h3-10,13-14H,11-12H2,1-2H3,(H,22,25). The fourth-order valence-electron chi connectivity index (χ4n) is 3.10. The van der Waals surface area contributed by atoms with Gasteiger partial charge in [-0.25, -0.2) is 0 Å². The Balaban J connectivity index is 1.72. The zero-order valence-electron chi connectivity index (χ0n) is 14.3. The predicted octanol–water partition coefficient (Wildman–Crippen LogP) is 4.46. The molecule has 0 aromatic heterocycles. The van der Waals surface area contributed by atoms with Crippen molar-refractivity contribution in [3.63, 3.8) is 0 Å². The summed E-state index contributed by atoms with van der Waals surface area (Å²) in [6, 6.07) is 14.9. The minimum atomic E-state index is -0.358. The third-order valence-electron chi connectivity index (χ3n) is 4.47. The summed E-state index contributed by atoms with van der Waals surface area (Å²) in [7, 11) is 0. The Kier molecular flexibility index (Phi) is 5.09. The van der Waals surface area contributed by atoms with E-state index in [0.717, 1.165) is 16.9 Å². The number of benzene rings is 2. The van der Waals surface area contributed by atoms with Gasteiger partial charge >= 0.3 is 0 Å². The average Bonchev–Trinajstić information content (AvgIpc) is 2.98. The molecule has 1 saturated heterocycles. The van der Waals surface area contributed by atoms with E-state index in [4.69, 9.17) is 11.6 Å². The van der Waals surface area contributed by atoms with Gasteiger partial charge in [0.1, 0.15) is 0 Å². The summed E-state index contributed by atoms with van der Waals surface area (Å²) >= 11 is 5.90. The number of carbonyl (C=O) groups is 2. The Bertz CT molecular complexity index is 787. The first-order chi connectivity index (χ1) is 12.0. The van der Waals surface area contributed by atoms with Gasteiger partial charge in [-0.05, 0) is 41.8 Å². The molecule has 25 heavy (non-hydrogen) atoms. The molecule has 1 atom stereocenters. The minimum absolute atomic E-state index is 0.0420. The van der Waals surface area contributed by atoms with Crippen LogP contribution in [0.3, 0.4) is 0 Å². The lowest BCUT2D eigenvalue weighted by molar-refractivity contribution is -0.122. The number of carbonyl (C=O) groups excluding carboxylic acids is 2. The molecule has 1 unspecified atom stereocenters. The fourth-order valence-corrected chi connectivity index (χ4v) is 3.23. The largest absolute Gasteiger partial charge is 0.326 e. The molecule has 2 aromatic carbocycles. The van der Waals surface area contributed by atoms with Crippen molar-refractivity contribution < 1.29 is 9.59 Å². The maximum atomic E-state index is 12.7. The SMILES string of the molecule is CC(C)c1ccccc1NC(=O)C1CC(=O)N(c2ccc(Cl)cc2)C1. The summed E-state index contributed by atoms with van der Waals surface area (Å²) in [4.78, 5) is 26.6. The van der Waals surface area contributed by atoms with Gasteiger partial charge in [0.15, 0.2) is 0 Å².